The molecule has 2 spiro atoms. The van der Waals surface area contributed by atoms with Crippen LogP contribution in [-0.2, 0) is 23.8 Å². The van der Waals surface area contributed by atoms with Gasteiger partial charge in [-0.1, -0.05) is 34.6 Å². The first-order valence-electron chi connectivity index (χ1n) is 16.2. The number of ether oxygens (including phenoxy) is 3. The topological polar surface area (TPSA) is 85.3 Å². The van der Waals surface area contributed by atoms with Gasteiger partial charge in [-0.25, -0.2) is 0 Å². The Morgan fingerprint density at radius 3 is 2.50 bits per heavy atom. The Kier molecular flexibility index (Phi) is 6.09. The number of hydrogen-bond donors (Lipinski definition) is 1. The molecule has 2 heterocycles. The summed E-state index contributed by atoms with van der Waals surface area (Å²) in [7, 11) is 0. The Morgan fingerprint density at radius 2 is 1.77 bits per heavy atom. The van der Waals surface area contributed by atoms with Crippen molar-refractivity contribution in [3.05, 3.63) is 0 Å². The summed E-state index contributed by atoms with van der Waals surface area (Å²) in [6.07, 6.45) is 8.56. The summed E-state index contributed by atoms with van der Waals surface area (Å²) in [5.41, 5.74) is 0.459. The summed E-state index contributed by atoms with van der Waals surface area (Å²) in [6.45, 7) is 15.3. The number of nitrogens with zero attached hydrogens (tertiary/aromatic N) is 1. The van der Waals surface area contributed by atoms with E-state index in [9.17, 15) is 14.7 Å². The maximum Gasteiger partial charge on any atom is 0.219 e. The van der Waals surface area contributed by atoms with Crippen LogP contribution in [0.15, 0.2) is 0 Å². The van der Waals surface area contributed by atoms with Gasteiger partial charge in [0.05, 0.1) is 31.5 Å². The Hall–Kier alpha value is -1.02. The molecule has 0 bridgehead atoms. The fourth-order valence-electron chi connectivity index (χ4n) is 12.8. The number of carbonyl (C=O) groups excluding carboxylic acids is 2. The summed E-state index contributed by atoms with van der Waals surface area (Å²) in [5.74, 6) is 1.84. The van der Waals surface area contributed by atoms with Gasteiger partial charge in [-0.3, -0.25) is 4.79 Å². The highest BCUT2D eigenvalue weighted by Crippen LogP contribution is 2.89. The molecule has 40 heavy (non-hydrogen) atoms. The van der Waals surface area contributed by atoms with Crippen molar-refractivity contribution in [2.24, 2.45) is 50.7 Å². The number of aldehydes is 1. The van der Waals surface area contributed by atoms with E-state index >= 15 is 0 Å². The Morgan fingerprint density at radius 1 is 1.05 bits per heavy atom. The van der Waals surface area contributed by atoms with Gasteiger partial charge in [-0.05, 0) is 96.7 Å². The Labute approximate surface area is 240 Å². The maximum absolute atomic E-state index is 12.1. The molecule has 7 rings (SSSR count). The second-order valence-electron chi connectivity index (χ2n) is 16.1. The van der Waals surface area contributed by atoms with Crippen LogP contribution in [0.2, 0.25) is 0 Å². The highest BCUT2D eigenvalue weighted by molar-refractivity contribution is 5.73. The van der Waals surface area contributed by atoms with Crippen LogP contribution < -0.4 is 0 Å². The third-order valence-electron chi connectivity index (χ3n) is 14.7. The zero-order valence-electron chi connectivity index (χ0n) is 25.5. The fourth-order valence-corrected chi connectivity index (χ4v) is 12.8. The predicted molar refractivity (Wildman–Crippen MR) is 149 cm³/mol. The highest BCUT2D eigenvalue weighted by Gasteiger charge is 2.84. The van der Waals surface area contributed by atoms with E-state index in [0.717, 1.165) is 32.0 Å². The summed E-state index contributed by atoms with van der Waals surface area (Å²) in [4.78, 5) is 25.6. The first-order chi connectivity index (χ1) is 18.9. The number of aliphatic hydroxyl groups is 1. The van der Waals surface area contributed by atoms with Crippen molar-refractivity contribution in [1.29, 1.82) is 0 Å². The van der Waals surface area contributed by atoms with Crippen LogP contribution in [0.5, 0.6) is 0 Å². The van der Waals surface area contributed by atoms with Crippen LogP contribution in [0.25, 0.3) is 0 Å². The molecule has 7 nitrogen and oxygen atoms in total. The minimum atomic E-state index is -0.524. The molecule has 0 aromatic carbocycles. The standard InChI is InChI=1S/C33H51NO6/c1-19-15-21(17-35)39-27-26(19)30(5)11-12-33-18-32(33)10-9-24(40-25-16-34(20(2)36)13-14-38-25)29(3,4)22(32)7-8-23(33)31(30,6)28(27)37/h17,19,21-28,37H,7-16,18H2,1-6H3/t19?,21-,22+,23+,24?,25?,26?,27+,28+,30-,31-,32-,33+/m1/s1. The number of rotatable bonds is 3. The van der Waals surface area contributed by atoms with Crippen molar-refractivity contribution < 1.29 is 28.9 Å². The number of fused-ring (bicyclic) bond motifs is 4. The van der Waals surface area contributed by atoms with Crippen LogP contribution in [-0.4, -0.2) is 72.6 Å². The van der Waals surface area contributed by atoms with Gasteiger partial charge in [0.15, 0.2) is 6.29 Å². The van der Waals surface area contributed by atoms with Gasteiger partial charge < -0.3 is 29.0 Å². The lowest BCUT2D eigenvalue weighted by Gasteiger charge is -2.63. The van der Waals surface area contributed by atoms with Crippen LogP contribution in [0.4, 0.5) is 0 Å². The second kappa shape index (κ2) is 8.76. The van der Waals surface area contributed by atoms with Crippen LogP contribution >= 0.6 is 0 Å². The first kappa shape index (κ1) is 27.8. The lowest BCUT2D eigenvalue weighted by Crippen LogP contribution is -2.60. The van der Waals surface area contributed by atoms with E-state index in [-0.39, 0.29) is 46.8 Å². The molecular weight excluding hydrogens is 506 g/mol. The Balaban J connectivity index is 1.15. The molecule has 1 amide bonds. The summed E-state index contributed by atoms with van der Waals surface area (Å²) < 4.78 is 19.0. The third-order valence-corrected chi connectivity index (χ3v) is 14.7. The maximum atomic E-state index is 12.1. The van der Waals surface area contributed by atoms with Gasteiger partial charge in [0, 0.05) is 18.9 Å². The molecule has 13 atom stereocenters. The zero-order valence-corrected chi connectivity index (χ0v) is 25.5. The first-order valence-corrected chi connectivity index (χ1v) is 16.2. The predicted octanol–water partition coefficient (Wildman–Crippen LogP) is 4.59. The number of hydrogen-bond acceptors (Lipinski definition) is 6. The van der Waals surface area contributed by atoms with Gasteiger partial charge in [0.1, 0.15) is 12.4 Å². The molecule has 5 aliphatic carbocycles. The molecule has 0 aromatic rings. The van der Waals surface area contributed by atoms with E-state index in [0.29, 0.717) is 54.2 Å². The van der Waals surface area contributed by atoms with Gasteiger partial charge in [-0.15, -0.1) is 0 Å². The smallest absolute Gasteiger partial charge is 0.219 e. The lowest BCUT2D eigenvalue weighted by molar-refractivity contribution is -0.247. The number of morpholine rings is 1. The molecule has 4 unspecified atom stereocenters. The van der Waals surface area contributed by atoms with Crippen LogP contribution in [0.1, 0.15) is 92.9 Å². The average Bonchev–Trinajstić information content (AvgIpc) is 3.55. The zero-order chi connectivity index (χ0) is 28.5. The van der Waals surface area contributed by atoms with Crippen molar-refractivity contribution in [3.63, 3.8) is 0 Å². The van der Waals surface area contributed by atoms with Gasteiger partial charge in [0.25, 0.3) is 0 Å². The van der Waals surface area contributed by atoms with Crippen LogP contribution in [0, 0.1) is 50.7 Å². The Bertz CT molecular complexity index is 1080. The molecule has 7 aliphatic rings. The molecule has 0 aromatic heterocycles. The summed E-state index contributed by atoms with van der Waals surface area (Å²) in [5, 5.41) is 12.1. The molecule has 2 aliphatic heterocycles. The second-order valence-corrected chi connectivity index (χ2v) is 16.1. The van der Waals surface area contributed by atoms with Crippen molar-refractivity contribution in [2.45, 2.75) is 124 Å². The van der Waals surface area contributed by atoms with Crippen molar-refractivity contribution in [1.82, 2.24) is 4.90 Å². The number of amides is 1. The van der Waals surface area contributed by atoms with Crippen molar-refractivity contribution >= 4 is 12.2 Å². The number of carbonyl (C=O) groups is 2. The minimum Gasteiger partial charge on any atom is -0.390 e. The van der Waals surface area contributed by atoms with E-state index in [1.807, 2.05) is 4.90 Å². The summed E-state index contributed by atoms with van der Waals surface area (Å²) in [6, 6.07) is 0. The van der Waals surface area contributed by atoms with Crippen LogP contribution in [0.3, 0.4) is 0 Å². The molecule has 2 saturated heterocycles. The van der Waals surface area contributed by atoms with E-state index in [1.54, 1.807) is 6.92 Å². The quantitative estimate of drug-likeness (QED) is 0.511. The molecule has 1 N–H and O–H groups in total. The monoisotopic (exact) mass is 557 g/mol. The van der Waals surface area contributed by atoms with E-state index in [4.69, 9.17) is 14.2 Å². The molecule has 7 fully saturated rings. The number of aliphatic hydroxyl groups excluding tert-OH is 1. The van der Waals surface area contributed by atoms with Crippen molar-refractivity contribution in [2.75, 3.05) is 19.7 Å². The SMILES string of the molecule is CC(=O)N1CCOC(OC2CC[C@]34C[C@]35CC[C@]3(C)C6C(C)C[C@H](C=O)O[C@@H]6[C@H](O)[C@@]3(C)[C@@H]5CC[C@H]4C2(C)C)C1. The summed E-state index contributed by atoms with van der Waals surface area (Å²) >= 11 is 0. The lowest BCUT2D eigenvalue weighted by atomic mass is 9.41. The molecule has 7 heteroatoms. The largest absolute Gasteiger partial charge is 0.390 e. The van der Waals surface area contributed by atoms with E-state index in [2.05, 4.69) is 34.6 Å². The molecule has 224 valence electrons. The third kappa shape index (κ3) is 3.27. The fraction of sp³-hybridized carbons (Fsp3) is 0.939. The van der Waals surface area contributed by atoms with Crippen molar-refractivity contribution in [3.8, 4) is 0 Å². The molecule has 5 saturated carbocycles. The molecular formula is C33H51NO6. The van der Waals surface area contributed by atoms with E-state index in [1.165, 1.54) is 25.7 Å². The van der Waals surface area contributed by atoms with Gasteiger partial charge >= 0.3 is 0 Å². The normalized spacial score (nSPS) is 56.2. The highest BCUT2D eigenvalue weighted by atomic mass is 16.7. The minimum absolute atomic E-state index is 0.0212. The van der Waals surface area contributed by atoms with E-state index < -0.39 is 6.10 Å². The van der Waals surface area contributed by atoms with Gasteiger partial charge in [0.2, 0.25) is 5.91 Å². The molecule has 0 radical (unpaired) electrons. The van der Waals surface area contributed by atoms with Gasteiger partial charge in [-0.2, -0.15) is 0 Å². The average molecular weight is 558 g/mol.